The molecule has 4 unspecified atom stereocenters. The average Bonchev–Trinajstić information content (AvgIpc) is 2.39. The molecule has 2 aliphatic rings. The Morgan fingerprint density at radius 2 is 2.00 bits per heavy atom. The molecule has 1 aliphatic heterocycles. The van der Waals surface area contributed by atoms with E-state index in [2.05, 4.69) is 43.1 Å². The number of nitrogens with zero attached hydrogens (tertiary/aromatic N) is 2. The maximum Gasteiger partial charge on any atom is 0.0252 e. The molecule has 106 valence electrons. The molecule has 0 amide bonds. The normalized spacial score (nSPS) is 40.0. The minimum absolute atomic E-state index is 0.710. The molecule has 3 heteroatoms. The summed E-state index contributed by atoms with van der Waals surface area (Å²) in [4.78, 5) is 5.31. The first-order valence-electron chi connectivity index (χ1n) is 7.77. The third-order valence-corrected chi connectivity index (χ3v) is 5.20. The highest BCUT2D eigenvalue weighted by atomic mass is 15.3. The zero-order valence-electron chi connectivity index (χ0n) is 12.7. The molecule has 0 aromatic carbocycles. The number of likely N-dealkylation sites (N-methyl/N-ethyl adjacent to an activating group) is 2. The van der Waals surface area contributed by atoms with Gasteiger partial charge in [-0.05, 0) is 45.7 Å². The number of rotatable bonds is 3. The van der Waals surface area contributed by atoms with Crippen LogP contribution in [0, 0.1) is 5.92 Å². The molecule has 2 fully saturated rings. The van der Waals surface area contributed by atoms with E-state index >= 15 is 0 Å². The van der Waals surface area contributed by atoms with E-state index in [4.69, 9.17) is 0 Å². The first kappa shape index (κ1) is 14.3. The summed E-state index contributed by atoms with van der Waals surface area (Å²) >= 11 is 0. The minimum Gasteiger partial charge on any atom is -0.315 e. The largest absolute Gasteiger partial charge is 0.315 e. The van der Waals surface area contributed by atoms with Crippen LogP contribution in [0.5, 0.6) is 0 Å². The van der Waals surface area contributed by atoms with Crippen molar-refractivity contribution >= 4 is 0 Å². The molecule has 0 bridgehead atoms. The molecule has 0 spiro atoms. The number of nitrogens with one attached hydrogen (secondary N) is 1. The molecule has 18 heavy (non-hydrogen) atoms. The van der Waals surface area contributed by atoms with Gasteiger partial charge in [0.05, 0.1) is 0 Å². The van der Waals surface area contributed by atoms with Gasteiger partial charge in [-0.15, -0.1) is 0 Å². The molecule has 1 saturated heterocycles. The van der Waals surface area contributed by atoms with Gasteiger partial charge in [0.15, 0.2) is 0 Å². The minimum atomic E-state index is 0.710. The summed E-state index contributed by atoms with van der Waals surface area (Å²) in [6.45, 7) is 8.50. The Hall–Kier alpha value is -0.120. The highest BCUT2D eigenvalue weighted by molar-refractivity contribution is 4.93. The lowest BCUT2D eigenvalue weighted by molar-refractivity contribution is 0.0282. The van der Waals surface area contributed by atoms with Crippen LogP contribution < -0.4 is 5.32 Å². The maximum absolute atomic E-state index is 3.56. The van der Waals surface area contributed by atoms with Gasteiger partial charge in [0.25, 0.3) is 0 Å². The fraction of sp³-hybridized carbons (Fsp3) is 1.00. The van der Waals surface area contributed by atoms with E-state index in [1.54, 1.807) is 0 Å². The zero-order chi connectivity index (χ0) is 13.1. The maximum atomic E-state index is 3.56. The van der Waals surface area contributed by atoms with Gasteiger partial charge in [0, 0.05) is 37.8 Å². The standard InChI is InChI=1S/C15H31N3/c1-5-13-11-18(9-8-17(13)4)15-10-12(2)6-7-14(15)16-3/h12-16H,5-11H2,1-4H3. The lowest BCUT2D eigenvalue weighted by atomic mass is 9.82. The molecule has 1 heterocycles. The summed E-state index contributed by atoms with van der Waals surface area (Å²) in [7, 11) is 4.42. The summed E-state index contributed by atoms with van der Waals surface area (Å²) in [5.41, 5.74) is 0. The molecule has 0 radical (unpaired) electrons. The van der Waals surface area contributed by atoms with E-state index in [0.717, 1.165) is 18.0 Å². The van der Waals surface area contributed by atoms with Gasteiger partial charge in [-0.25, -0.2) is 0 Å². The third kappa shape index (κ3) is 3.06. The Bertz CT molecular complexity index is 256. The molecule has 0 aromatic heterocycles. The fourth-order valence-corrected chi connectivity index (χ4v) is 3.80. The van der Waals surface area contributed by atoms with Crippen LogP contribution in [0.2, 0.25) is 0 Å². The highest BCUT2D eigenvalue weighted by Crippen LogP contribution is 2.29. The van der Waals surface area contributed by atoms with Crippen molar-refractivity contribution < 1.29 is 0 Å². The second kappa shape index (κ2) is 6.36. The lowest BCUT2D eigenvalue weighted by Gasteiger charge is -2.47. The second-order valence-corrected chi connectivity index (χ2v) is 6.42. The third-order valence-electron chi connectivity index (χ3n) is 5.20. The van der Waals surface area contributed by atoms with E-state index in [0.29, 0.717) is 6.04 Å². The Morgan fingerprint density at radius 3 is 2.67 bits per heavy atom. The van der Waals surface area contributed by atoms with Crippen molar-refractivity contribution in [1.82, 2.24) is 15.1 Å². The van der Waals surface area contributed by atoms with Crippen molar-refractivity contribution in [3.05, 3.63) is 0 Å². The Morgan fingerprint density at radius 1 is 1.22 bits per heavy atom. The Labute approximate surface area is 113 Å². The van der Waals surface area contributed by atoms with Crippen molar-refractivity contribution in [2.24, 2.45) is 5.92 Å². The van der Waals surface area contributed by atoms with E-state index in [1.807, 2.05) is 0 Å². The molecule has 3 nitrogen and oxygen atoms in total. The van der Waals surface area contributed by atoms with Crippen LogP contribution in [0.1, 0.15) is 39.5 Å². The van der Waals surface area contributed by atoms with Crippen molar-refractivity contribution in [3.8, 4) is 0 Å². The van der Waals surface area contributed by atoms with Gasteiger partial charge in [-0.1, -0.05) is 13.8 Å². The zero-order valence-corrected chi connectivity index (χ0v) is 12.7. The van der Waals surface area contributed by atoms with Gasteiger partial charge in [-0.3, -0.25) is 4.90 Å². The molecule has 0 aromatic rings. The summed E-state index contributed by atoms with van der Waals surface area (Å²) in [5.74, 6) is 0.902. The van der Waals surface area contributed by atoms with Crippen LogP contribution in [0.4, 0.5) is 0 Å². The lowest BCUT2D eigenvalue weighted by Crippen LogP contribution is -2.60. The molecule has 1 aliphatic carbocycles. The van der Waals surface area contributed by atoms with Crippen LogP contribution in [-0.2, 0) is 0 Å². The molecule has 4 atom stereocenters. The number of piperazine rings is 1. The summed E-state index contributed by atoms with van der Waals surface area (Å²) < 4.78 is 0. The number of hydrogen-bond donors (Lipinski definition) is 1. The first-order chi connectivity index (χ1) is 8.65. The van der Waals surface area contributed by atoms with E-state index in [9.17, 15) is 0 Å². The monoisotopic (exact) mass is 253 g/mol. The van der Waals surface area contributed by atoms with Gasteiger partial charge in [0.1, 0.15) is 0 Å². The van der Waals surface area contributed by atoms with E-state index < -0.39 is 0 Å². The predicted molar refractivity (Wildman–Crippen MR) is 77.9 cm³/mol. The smallest absolute Gasteiger partial charge is 0.0252 e. The van der Waals surface area contributed by atoms with Crippen molar-refractivity contribution in [2.75, 3.05) is 33.7 Å². The second-order valence-electron chi connectivity index (χ2n) is 6.42. The van der Waals surface area contributed by atoms with Crippen LogP contribution >= 0.6 is 0 Å². The Kier molecular flexibility index (Phi) is 5.05. The van der Waals surface area contributed by atoms with Gasteiger partial charge in [-0.2, -0.15) is 0 Å². The molecular formula is C15H31N3. The quantitative estimate of drug-likeness (QED) is 0.827. The van der Waals surface area contributed by atoms with Gasteiger partial charge in [0.2, 0.25) is 0 Å². The van der Waals surface area contributed by atoms with Crippen molar-refractivity contribution in [2.45, 2.75) is 57.7 Å². The summed E-state index contributed by atoms with van der Waals surface area (Å²) in [6.07, 6.45) is 5.41. The van der Waals surface area contributed by atoms with E-state index in [-0.39, 0.29) is 0 Å². The van der Waals surface area contributed by atoms with Crippen LogP contribution in [-0.4, -0.2) is 61.7 Å². The Balaban J connectivity index is 2.00. The van der Waals surface area contributed by atoms with E-state index in [1.165, 1.54) is 45.3 Å². The summed E-state index contributed by atoms with van der Waals surface area (Å²) in [6, 6.07) is 2.23. The van der Waals surface area contributed by atoms with Crippen LogP contribution in [0.25, 0.3) is 0 Å². The fourth-order valence-electron chi connectivity index (χ4n) is 3.80. The molecule has 1 N–H and O–H groups in total. The number of hydrogen-bond acceptors (Lipinski definition) is 3. The predicted octanol–water partition coefficient (Wildman–Crippen LogP) is 1.79. The molecule has 2 rings (SSSR count). The van der Waals surface area contributed by atoms with Crippen molar-refractivity contribution in [1.29, 1.82) is 0 Å². The van der Waals surface area contributed by atoms with Gasteiger partial charge >= 0.3 is 0 Å². The first-order valence-corrected chi connectivity index (χ1v) is 7.77. The van der Waals surface area contributed by atoms with Gasteiger partial charge < -0.3 is 10.2 Å². The van der Waals surface area contributed by atoms with Crippen molar-refractivity contribution in [3.63, 3.8) is 0 Å². The summed E-state index contributed by atoms with van der Waals surface area (Å²) in [5, 5.41) is 3.56. The van der Waals surface area contributed by atoms with Crippen LogP contribution in [0.3, 0.4) is 0 Å². The molecular weight excluding hydrogens is 222 g/mol. The van der Waals surface area contributed by atoms with Crippen LogP contribution in [0.15, 0.2) is 0 Å². The highest BCUT2D eigenvalue weighted by Gasteiger charge is 2.35. The average molecular weight is 253 g/mol. The topological polar surface area (TPSA) is 18.5 Å². The molecule has 1 saturated carbocycles. The SMILES string of the molecule is CCC1CN(C2CC(C)CCC2NC)CCN1C.